The van der Waals surface area contributed by atoms with E-state index in [0.29, 0.717) is 72.2 Å². The second-order valence-corrected chi connectivity index (χ2v) is 13.5. The van der Waals surface area contributed by atoms with E-state index in [2.05, 4.69) is 44.9 Å². The van der Waals surface area contributed by atoms with Crippen molar-refractivity contribution in [3.8, 4) is 29.6 Å². The average Bonchev–Trinajstić information content (AvgIpc) is 3.68. The Labute approximate surface area is 265 Å². The van der Waals surface area contributed by atoms with Gasteiger partial charge in [-0.2, -0.15) is 9.97 Å². The molecule has 2 bridgehead atoms. The molecule has 2 aromatic heterocycles. The number of hydrogen-bond acceptors (Lipinski definition) is 7. The van der Waals surface area contributed by atoms with E-state index in [1.165, 1.54) is 17.2 Å². The van der Waals surface area contributed by atoms with Gasteiger partial charge in [-0.3, -0.25) is 9.88 Å². The summed E-state index contributed by atoms with van der Waals surface area (Å²) < 4.78 is 52.7. The summed E-state index contributed by atoms with van der Waals surface area (Å²) in [5.74, 6) is 1.77. The van der Waals surface area contributed by atoms with Crippen LogP contribution >= 0.6 is 0 Å². The van der Waals surface area contributed by atoms with Crippen LogP contribution in [0.2, 0.25) is 0 Å². The summed E-state index contributed by atoms with van der Waals surface area (Å²) in [6.07, 6.45) is 9.58. The largest absolute Gasteiger partial charge is 0.461 e. The molecule has 4 fully saturated rings. The highest BCUT2D eigenvalue weighted by Gasteiger charge is 2.51. The number of alkyl halides is 1. The number of halogens is 3. The van der Waals surface area contributed by atoms with Crippen LogP contribution in [0.1, 0.15) is 45.1 Å². The molecule has 0 spiro atoms. The lowest BCUT2D eigenvalue weighted by atomic mass is 9.91. The Bertz CT molecular complexity index is 1960. The first-order valence-corrected chi connectivity index (χ1v) is 16.0. The van der Waals surface area contributed by atoms with E-state index in [-0.39, 0.29) is 29.4 Å². The van der Waals surface area contributed by atoms with E-state index in [1.807, 2.05) is 0 Å². The van der Waals surface area contributed by atoms with E-state index >= 15 is 4.39 Å². The molecule has 4 aliphatic rings. The minimum Gasteiger partial charge on any atom is -0.461 e. The van der Waals surface area contributed by atoms with Gasteiger partial charge in [0.2, 0.25) is 0 Å². The topological polar surface area (TPSA) is 66.4 Å². The van der Waals surface area contributed by atoms with E-state index in [9.17, 15) is 8.78 Å². The molecule has 0 aliphatic carbocycles. The lowest BCUT2D eigenvalue weighted by Gasteiger charge is -2.34. The van der Waals surface area contributed by atoms with E-state index in [1.54, 1.807) is 30.5 Å². The Balaban J connectivity index is 1.25. The number of fused-ring (bicyclic) bond motifs is 5. The molecule has 1 N–H and O–H groups in total. The molecule has 46 heavy (non-hydrogen) atoms. The smallest absolute Gasteiger partial charge is 0.319 e. The summed E-state index contributed by atoms with van der Waals surface area (Å²) in [6.45, 7) is 6.87. The van der Waals surface area contributed by atoms with Crippen molar-refractivity contribution in [3.63, 3.8) is 0 Å². The Hall–Kier alpha value is -4.20. The van der Waals surface area contributed by atoms with Crippen molar-refractivity contribution in [2.24, 2.45) is 0 Å². The van der Waals surface area contributed by atoms with Crippen molar-refractivity contribution in [2.45, 2.75) is 63.3 Å². The van der Waals surface area contributed by atoms with Gasteiger partial charge in [0, 0.05) is 61.8 Å². The summed E-state index contributed by atoms with van der Waals surface area (Å²) in [5.41, 5.74) is 2.54. The number of nitrogens with one attached hydrogen (secondary N) is 1. The highest BCUT2D eigenvalue weighted by atomic mass is 19.1. The number of ether oxygens (including phenoxy) is 1. The Morgan fingerprint density at radius 3 is 2.67 bits per heavy atom. The first kappa shape index (κ1) is 29.2. The number of terminal acetylenes is 1. The van der Waals surface area contributed by atoms with Crippen molar-refractivity contribution in [1.82, 2.24) is 25.2 Å². The number of benzene rings is 2. The third kappa shape index (κ3) is 4.71. The Kier molecular flexibility index (Phi) is 6.96. The Morgan fingerprint density at radius 1 is 1.11 bits per heavy atom. The van der Waals surface area contributed by atoms with Crippen LogP contribution in [0.25, 0.3) is 32.9 Å². The quantitative estimate of drug-likeness (QED) is 0.218. The molecule has 10 heteroatoms. The molecule has 2 aromatic carbocycles. The van der Waals surface area contributed by atoms with E-state index in [4.69, 9.17) is 16.1 Å². The molecule has 7 nitrogen and oxygen atoms in total. The van der Waals surface area contributed by atoms with Crippen molar-refractivity contribution in [2.75, 3.05) is 37.7 Å². The van der Waals surface area contributed by atoms with Crippen LogP contribution in [-0.2, 0) is 0 Å². The number of nitrogens with zero attached hydrogens (tertiary/aromatic N) is 5. The third-order valence-corrected chi connectivity index (χ3v) is 10.3. The fraction of sp³-hybridized carbons (Fsp3) is 0.417. The third-order valence-electron chi connectivity index (χ3n) is 10.3. The average molecular weight is 625 g/mol. The molecule has 8 rings (SSSR count). The van der Waals surface area contributed by atoms with Gasteiger partial charge in [-0.1, -0.05) is 41.3 Å². The lowest BCUT2D eigenvalue weighted by molar-refractivity contribution is 0.107. The maximum atomic E-state index is 16.8. The molecule has 4 aliphatic heterocycles. The number of rotatable bonds is 5. The predicted molar refractivity (Wildman–Crippen MR) is 173 cm³/mol. The molecule has 6 heterocycles. The second kappa shape index (κ2) is 11.0. The minimum atomic E-state index is -0.934. The summed E-state index contributed by atoms with van der Waals surface area (Å²) in [7, 11) is 0. The van der Waals surface area contributed by atoms with E-state index in [0.717, 1.165) is 19.3 Å². The minimum absolute atomic E-state index is 0.0148. The number of aromatic nitrogens is 3. The fourth-order valence-electron chi connectivity index (χ4n) is 8.05. The van der Waals surface area contributed by atoms with Gasteiger partial charge in [0.25, 0.3) is 0 Å². The van der Waals surface area contributed by atoms with Crippen molar-refractivity contribution < 1.29 is 17.9 Å². The van der Waals surface area contributed by atoms with Gasteiger partial charge in [-0.25, -0.2) is 13.2 Å². The summed E-state index contributed by atoms with van der Waals surface area (Å²) in [4.78, 5) is 18.4. The summed E-state index contributed by atoms with van der Waals surface area (Å²) in [6, 6.07) is 8.87. The van der Waals surface area contributed by atoms with Crippen LogP contribution in [0.15, 0.2) is 47.7 Å². The number of allylic oxidation sites excluding steroid dienone is 1. The van der Waals surface area contributed by atoms with Gasteiger partial charge in [-0.15, -0.1) is 6.42 Å². The van der Waals surface area contributed by atoms with Gasteiger partial charge in [0.05, 0.1) is 16.5 Å². The van der Waals surface area contributed by atoms with Crippen LogP contribution in [-0.4, -0.2) is 76.4 Å². The predicted octanol–water partition coefficient (Wildman–Crippen LogP) is 5.95. The molecule has 236 valence electrons. The molecular weight excluding hydrogens is 589 g/mol. The van der Waals surface area contributed by atoms with Gasteiger partial charge < -0.3 is 15.0 Å². The normalized spacial score (nSPS) is 25.8. The number of hydrogen-bond donors (Lipinski definition) is 1. The molecule has 4 saturated heterocycles. The number of anilines is 1. The highest BCUT2D eigenvalue weighted by Crippen LogP contribution is 2.44. The first-order chi connectivity index (χ1) is 22.2. The van der Waals surface area contributed by atoms with Crippen molar-refractivity contribution >= 4 is 27.5 Å². The number of piperazine rings is 1. The van der Waals surface area contributed by atoms with Crippen LogP contribution in [0.4, 0.5) is 19.0 Å². The monoisotopic (exact) mass is 624 g/mol. The zero-order chi connectivity index (χ0) is 31.7. The number of pyridine rings is 1. The SMILES string of the molecule is C#Cc1c(F)ccc2cccc(-c3ncc4c(N5C[C@H]6CC[C@@H](C5)N6)nc(OC[C@]56CC(=C(C)C)CN5C[C@H](F)C6)nc4c3F)c12. The molecule has 0 saturated carbocycles. The molecule has 4 aromatic rings. The van der Waals surface area contributed by atoms with Crippen molar-refractivity contribution in [1.29, 1.82) is 0 Å². The molecule has 4 atom stereocenters. The summed E-state index contributed by atoms with van der Waals surface area (Å²) >= 11 is 0. The lowest BCUT2D eigenvalue weighted by Crippen LogP contribution is -2.51. The first-order valence-electron chi connectivity index (χ1n) is 16.0. The maximum Gasteiger partial charge on any atom is 0.319 e. The zero-order valence-electron chi connectivity index (χ0n) is 25.9. The fourth-order valence-corrected chi connectivity index (χ4v) is 8.05. The molecular formula is C36H35F3N6O. The maximum absolute atomic E-state index is 16.8. The van der Waals surface area contributed by atoms with Crippen molar-refractivity contribution in [3.05, 3.63) is 64.9 Å². The second-order valence-electron chi connectivity index (χ2n) is 13.5. The van der Waals surface area contributed by atoms with Gasteiger partial charge >= 0.3 is 6.01 Å². The van der Waals surface area contributed by atoms with E-state index < -0.39 is 23.3 Å². The van der Waals surface area contributed by atoms with Crippen LogP contribution in [0.5, 0.6) is 6.01 Å². The van der Waals surface area contributed by atoms with Gasteiger partial charge in [-0.05, 0) is 44.6 Å². The highest BCUT2D eigenvalue weighted by molar-refractivity contribution is 6.02. The molecule has 0 radical (unpaired) electrons. The van der Waals surface area contributed by atoms with Gasteiger partial charge in [0.1, 0.15) is 35.6 Å². The zero-order valence-corrected chi connectivity index (χ0v) is 25.9. The summed E-state index contributed by atoms with van der Waals surface area (Å²) in [5, 5.41) is 5.19. The molecule has 0 unspecified atom stereocenters. The standard InChI is InChI=1S/C36H35F3N6O/c1-4-26-29(38)11-8-21-6-5-7-27(30(21)26)32-31(39)33-28(14-40-32)34(44-17-24-9-10-25(18-44)41-24)43-35(42-33)46-19-36-12-22(20(2)3)15-45(36)16-23(37)13-36/h1,5-8,11,14,23-25,41H,9-10,12-13,15-19H2,2-3H3/t23-,24-,25+,36-/m1/s1. The van der Waals surface area contributed by atoms with Crippen LogP contribution in [0, 0.1) is 24.0 Å². The van der Waals surface area contributed by atoms with Crippen LogP contribution < -0.4 is 15.0 Å². The van der Waals surface area contributed by atoms with Crippen LogP contribution in [0.3, 0.4) is 0 Å². The molecule has 0 amide bonds. The van der Waals surface area contributed by atoms with Gasteiger partial charge in [0.15, 0.2) is 5.82 Å². The Morgan fingerprint density at radius 2 is 1.91 bits per heavy atom.